The van der Waals surface area contributed by atoms with Crippen LogP contribution in [0, 0.1) is 0 Å². The van der Waals surface area contributed by atoms with Gasteiger partial charge in [0.2, 0.25) is 0 Å². The van der Waals surface area contributed by atoms with Gasteiger partial charge < -0.3 is 9.84 Å². The Morgan fingerprint density at radius 2 is 2.00 bits per heavy atom. The molecule has 0 aromatic heterocycles. The van der Waals surface area contributed by atoms with Gasteiger partial charge in [-0.05, 0) is 49.5 Å². The molecule has 100 valence electrons. The van der Waals surface area contributed by atoms with Crippen LogP contribution >= 0.6 is 23.5 Å². The molecule has 1 aromatic carbocycles. The molecule has 1 aliphatic rings. The Bertz CT molecular complexity index is 412. The number of ether oxygens (including phenoxy) is 1. The van der Waals surface area contributed by atoms with Gasteiger partial charge in [0.05, 0.1) is 11.2 Å². The summed E-state index contributed by atoms with van der Waals surface area (Å²) >= 11 is 3.71. The van der Waals surface area contributed by atoms with E-state index in [1.165, 1.54) is 6.42 Å². The highest BCUT2D eigenvalue weighted by atomic mass is 32.2. The zero-order valence-electron chi connectivity index (χ0n) is 11.1. The Labute approximate surface area is 117 Å². The second kappa shape index (κ2) is 5.35. The van der Waals surface area contributed by atoms with E-state index in [1.807, 2.05) is 54.7 Å². The zero-order valence-corrected chi connectivity index (χ0v) is 12.7. The third kappa shape index (κ3) is 2.51. The molecule has 4 heteroatoms. The van der Waals surface area contributed by atoms with Crippen molar-refractivity contribution >= 4 is 23.5 Å². The molecule has 0 radical (unpaired) electrons. The lowest BCUT2D eigenvalue weighted by molar-refractivity contribution is 0.0485. The summed E-state index contributed by atoms with van der Waals surface area (Å²) in [5.41, 5.74) is 0.0587. The van der Waals surface area contributed by atoms with Gasteiger partial charge in [0.25, 0.3) is 0 Å². The number of hydrogen-bond donors (Lipinski definition) is 1. The van der Waals surface area contributed by atoms with Crippen LogP contribution in [0.4, 0.5) is 0 Å². The molecule has 2 nitrogen and oxygen atoms in total. The highest BCUT2D eigenvalue weighted by molar-refractivity contribution is 8.18. The van der Waals surface area contributed by atoms with Crippen molar-refractivity contribution in [2.75, 3.05) is 18.6 Å². The zero-order chi connectivity index (χ0) is 13.2. The number of rotatable bonds is 3. The lowest BCUT2D eigenvalue weighted by atomic mass is 9.92. The molecule has 1 fully saturated rings. The molecule has 1 saturated heterocycles. The lowest BCUT2D eigenvalue weighted by Crippen LogP contribution is -2.44. The standard InChI is InChI=1S/C14H20O2S2/c1-13(15,14(2)17-8-5-9-18-14)11-6-4-7-12(10-11)16-3/h4,6-7,10,15H,5,8-9H2,1-3H3. The monoisotopic (exact) mass is 284 g/mol. The smallest absolute Gasteiger partial charge is 0.119 e. The second-order valence-corrected chi connectivity index (χ2v) is 8.09. The summed E-state index contributed by atoms with van der Waals surface area (Å²) in [6.45, 7) is 4.05. The van der Waals surface area contributed by atoms with E-state index < -0.39 is 5.60 Å². The molecule has 18 heavy (non-hydrogen) atoms. The van der Waals surface area contributed by atoms with Crippen molar-refractivity contribution in [1.82, 2.24) is 0 Å². The van der Waals surface area contributed by atoms with Gasteiger partial charge in [-0.1, -0.05) is 12.1 Å². The molecule has 0 spiro atoms. The van der Waals surface area contributed by atoms with Crippen LogP contribution in [0.25, 0.3) is 0 Å². The normalized spacial score (nSPS) is 22.2. The van der Waals surface area contributed by atoms with Crippen molar-refractivity contribution in [2.45, 2.75) is 29.9 Å². The third-order valence-electron chi connectivity index (χ3n) is 3.56. The Morgan fingerprint density at radius 1 is 1.33 bits per heavy atom. The first-order valence-electron chi connectivity index (χ1n) is 6.14. The number of hydrogen-bond acceptors (Lipinski definition) is 4. The van der Waals surface area contributed by atoms with E-state index in [9.17, 15) is 5.11 Å². The molecule has 0 aliphatic carbocycles. The summed E-state index contributed by atoms with van der Waals surface area (Å²) in [5, 5.41) is 11.0. The van der Waals surface area contributed by atoms with Gasteiger partial charge in [0, 0.05) is 0 Å². The summed E-state index contributed by atoms with van der Waals surface area (Å²) in [4.78, 5) is 0. The minimum Gasteiger partial charge on any atom is -0.497 e. The Balaban J connectivity index is 2.33. The second-order valence-electron chi connectivity index (χ2n) is 4.80. The number of aliphatic hydroxyl groups is 1. The predicted molar refractivity (Wildman–Crippen MR) is 80.5 cm³/mol. The average molecular weight is 284 g/mol. The fourth-order valence-corrected chi connectivity index (χ4v) is 5.27. The van der Waals surface area contributed by atoms with Gasteiger partial charge in [-0.3, -0.25) is 0 Å². The number of thioether (sulfide) groups is 2. The van der Waals surface area contributed by atoms with Crippen LogP contribution in [-0.2, 0) is 5.60 Å². The quantitative estimate of drug-likeness (QED) is 0.920. The van der Waals surface area contributed by atoms with E-state index in [2.05, 4.69) is 6.92 Å². The third-order valence-corrected chi connectivity index (χ3v) is 7.15. The van der Waals surface area contributed by atoms with Crippen molar-refractivity contribution < 1.29 is 9.84 Å². The topological polar surface area (TPSA) is 29.5 Å². The lowest BCUT2D eigenvalue weighted by Gasteiger charge is -2.44. The van der Waals surface area contributed by atoms with Crippen LogP contribution in [-0.4, -0.2) is 27.8 Å². The van der Waals surface area contributed by atoms with Crippen LogP contribution < -0.4 is 4.74 Å². The molecule has 1 aliphatic heterocycles. The van der Waals surface area contributed by atoms with Gasteiger partial charge in [-0.15, -0.1) is 23.5 Å². The van der Waals surface area contributed by atoms with Gasteiger partial charge in [-0.2, -0.15) is 0 Å². The van der Waals surface area contributed by atoms with E-state index in [0.29, 0.717) is 0 Å². The summed E-state index contributed by atoms with van der Waals surface area (Å²) < 4.78 is 5.05. The minimum absolute atomic E-state index is 0.197. The molecule has 1 N–H and O–H groups in total. The van der Waals surface area contributed by atoms with Crippen molar-refractivity contribution in [1.29, 1.82) is 0 Å². The fraction of sp³-hybridized carbons (Fsp3) is 0.571. The highest BCUT2D eigenvalue weighted by Crippen LogP contribution is 2.53. The van der Waals surface area contributed by atoms with Crippen LogP contribution in [0.5, 0.6) is 5.75 Å². The summed E-state index contributed by atoms with van der Waals surface area (Å²) in [6.07, 6.45) is 1.22. The van der Waals surface area contributed by atoms with E-state index in [1.54, 1.807) is 7.11 Å². The van der Waals surface area contributed by atoms with Crippen molar-refractivity contribution in [3.8, 4) is 5.75 Å². The minimum atomic E-state index is -0.864. The summed E-state index contributed by atoms with van der Waals surface area (Å²) in [6, 6.07) is 7.75. The maximum absolute atomic E-state index is 11.0. The molecule has 2 rings (SSSR count). The predicted octanol–water partition coefficient (Wildman–Crippen LogP) is 3.49. The molecule has 0 bridgehead atoms. The van der Waals surface area contributed by atoms with Gasteiger partial charge in [0.1, 0.15) is 11.4 Å². The number of methoxy groups -OCH3 is 1. The molecule has 1 heterocycles. The van der Waals surface area contributed by atoms with E-state index in [0.717, 1.165) is 22.8 Å². The van der Waals surface area contributed by atoms with Crippen LogP contribution in [0.15, 0.2) is 24.3 Å². The molecule has 0 saturated carbocycles. The van der Waals surface area contributed by atoms with E-state index in [4.69, 9.17) is 4.74 Å². The highest BCUT2D eigenvalue weighted by Gasteiger charge is 2.46. The van der Waals surface area contributed by atoms with E-state index in [-0.39, 0.29) is 4.08 Å². The molecule has 1 aromatic rings. The van der Waals surface area contributed by atoms with Crippen LogP contribution in [0.3, 0.4) is 0 Å². The van der Waals surface area contributed by atoms with Crippen molar-refractivity contribution in [3.63, 3.8) is 0 Å². The van der Waals surface area contributed by atoms with Crippen LogP contribution in [0.1, 0.15) is 25.8 Å². The van der Waals surface area contributed by atoms with Crippen molar-refractivity contribution in [3.05, 3.63) is 29.8 Å². The first-order chi connectivity index (χ1) is 8.49. The van der Waals surface area contributed by atoms with Gasteiger partial charge >= 0.3 is 0 Å². The molecular weight excluding hydrogens is 264 g/mol. The largest absolute Gasteiger partial charge is 0.497 e. The van der Waals surface area contributed by atoms with E-state index >= 15 is 0 Å². The number of benzene rings is 1. The molecule has 0 amide bonds. The fourth-order valence-electron chi connectivity index (χ4n) is 2.10. The SMILES string of the molecule is COc1cccc(C(C)(O)C2(C)SCCCS2)c1. The van der Waals surface area contributed by atoms with Crippen molar-refractivity contribution in [2.24, 2.45) is 0 Å². The Hall–Kier alpha value is -0.320. The summed E-state index contributed by atoms with van der Waals surface area (Å²) in [7, 11) is 1.65. The first kappa shape index (κ1) is 14.1. The maximum Gasteiger partial charge on any atom is 0.119 e. The Morgan fingerprint density at radius 3 is 2.61 bits per heavy atom. The van der Waals surface area contributed by atoms with Crippen LogP contribution in [0.2, 0.25) is 0 Å². The molecule has 1 atom stereocenters. The molecular formula is C14H20O2S2. The Kier molecular flexibility index (Phi) is 4.19. The van der Waals surface area contributed by atoms with Gasteiger partial charge in [0.15, 0.2) is 0 Å². The summed E-state index contributed by atoms with van der Waals surface area (Å²) in [5.74, 6) is 3.02. The molecule has 1 unspecified atom stereocenters. The average Bonchev–Trinajstić information content (AvgIpc) is 2.39. The van der Waals surface area contributed by atoms with Gasteiger partial charge in [-0.25, -0.2) is 0 Å². The first-order valence-corrected chi connectivity index (χ1v) is 8.11. The maximum atomic E-state index is 11.0.